The summed E-state index contributed by atoms with van der Waals surface area (Å²) in [4.78, 5) is 18.9. The first-order valence-electron chi connectivity index (χ1n) is 9.05. The molecule has 1 aliphatic heterocycles. The maximum Gasteiger partial charge on any atom is 0.239 e. The average Bonchev–Trinajstić information content (AvgIpc) is 3.01. The van der Waals surface area contributed by atoms with Gasteiger partial charge in [-0.3, -0.25) is 14.4 Å². The summed E-state index contributed by atoms with van der Waals surface area (Å²) < 4.78 is 1.79. The van der Waals surface area contributed by atoms with Crippen LogP contribution in [0.5, 0.6) is 0 Å². The molecule has 2 aliphatic rings. The molecular formula is C20H21N5O. The predicted molar refractivity (Wildman–Crippen MR) is 101 cm³/mol. The molecule has 132 valence electrons. The second-order valence-electron chi connectivity index (χ2n) is 7.53. The van der Waals surface area contributed by atoms with Gasteiger partial charge in [-0.15, -0.1) is 0 Å². The van der Waals surface area contributed by atoms with Crippen LogP contribution in [0, 0.1) is 11.8 Å². The first-order chi connectivity index (χ1) is 12.6. The normalized spacial score (nSPS) is 21.7. The van der Waals surface area contributed by atoms with Crippen molar-refractivity contribution in [2.75, 3.05) is 25.0 Å². The van der Waals surface area contributed by atoms with Crippen molar-refractivity contribution in [3.63, 3.8) is 0 Å². The Morgan fingerprint density at radius 1 is 1.15 bits per heavy atom. The molecule has 2 aromatic heterocycles. The summed E-state index contributed by atoms with van der Waals surface area (Å²) in [7, 11) is 1.91. The molecule has 2 unspecified atom stereocenters. The molecular weight excluding hydrogens is 326 g/mol. The van der Waals surface area contributed by atoms with E-state index < -0.39 is 0 Å². The van der Waals surface area contributed by atoms with Gasteiger partial charge < -0.3 is 5.32 Å². The Bertz CT molecular complexity index is 985. The van der Waals surface area contributed by atoms with Crippen molar-refractivity contribution in [1.29, 1.82) is 0 Å². The van der Waals surface area contributed by atoms with E-state index >= 15 is 0 Å². The van der Waals surface area contributed by atoms with Gasteiger partial charge in [-0.2, -0.15) is 5.10 Å². The minimum Gasteiger partial charge on any atom is -0.310 e. The molecule has 5 rings (SSSR count). The number of benzene rings is 1. The van der Waals surface area contributed by atoms with Crippen molar-refractivity contribution in [1.82, 2.24) is 19.7 Å². The largest absolute Gasteiger partial charge is 0.310 e. The third-order valence-corrected chi connectivity index (χ3v) is 5.45. The maximum atomic E-state index is 12.3. The number of anilines is 1. The Morgan fingerprint density at radius 2 is 2.00 bits per heavy atom. The van der Waals surface area contributed by atoms with Gasteiger partial charge in [0.15, 0.2) is 0 Å². The molecule has 0 radical (unpaired) electrons. The third kappa shape index (κ3) is 2.97. The Morgan fingerprint density at radius 3 is 2.77 bits per heavy atom. The van der Waals surface area contributed by atoms with Crippen molar-refractivity contribution in [3.8, 4) is 11.1 Å². The summed E-state index contributed by atoms with van der Waals surface area (Å²) >= 11 is 0. The summed E-state index contributed by atoms with van der Waals surface area (Å²) in [6.07, 6.45) is 7.00. The topological polar surface area (TPSA) is 63.1 Å². The summed E-state index contributed by atoms with van der Waals surface area (Å²) in [5, 5.41) is 9.28. The third-order valence-electron chi connectivity index (χ3n) is 5.45. The summed E-state index contributed by atoms with van der Waals surface area (Å²) in [6, 6.07) is 8.16. The van der Waals surface area contributed by atoms with E-state index in [1.807, 2.05) is 37.8 Å². The number of aromatic nitrogens is 3. The van der Waals surface area contributed by atoms with Gasteiger partial charge in [0.1, 0.15) is 5.82 Å². The van der Waals surface area contributed by atoms with E-state index in [2.05, 4.69) is 32.4 Å². The molecule has 0 spiro atoms. The monoisotopic (exact) mass is 347 g/mol. The fraction of sp³-hybridized carbons (Fsp3) is 0.350. The summed E-state index contributed by atoms with van der Waals surface area (Å²) in [6.45, 7) is 2.60. The van der Waals surface area contributed by atoms with Gasteiger partial charge in [-0.25, -0.2) is 4.98 Å². The highest BCUT2D eigenvalue weighted by atomic mass is 16.2. The number of carbonyl (C=O) groups is 1. The Balaban J connectivity index is 1.33. The van der Waals surface area contributed by atoms with Gasteiger partial charge in [0, 0.05) is 43.5 Å². The zero-order valence-electron chi connectivity index (χ0n) is 14.7. The number of likely N-dealkylation sites (tertiary alicyclic amines) is 1. The van der Waals surface area contributed by atoms with Crippen LogP contribution >= 0.6 is 0 Å². The SMILES string of the molecule is Cn1cc(-c2ccc3cnc(NC(=O)CN4CC5CC5C4)cc3c2)cn1. The van der Waals surface area contributed by atoms with Crippen LogP contribution in [0.25, 0.3) is 21.9 Å². The summed E-state index contributed by atoms with van der Waals surface area (Å²) in [5.41, 5.74) is 2.18. The van der Waals surface area contributed by atoms with E-state index in [0.717, 1.165) is 46.8 Å². The second-order valence-corrected chi connectivity index (χ2v) is 7.53. The zero-order chi connectivity index (χ0) is 17.7. The Kier molecular flexibility index (Phi) is 3.53. The number of hydrogen-bond donors (Lipinski definition) is 1. The van der Waals surface area contributed by atoms with Crippen LogP contribution in [0.1, 0.15) is 6.42 Å². The van der Waals surface area contributed by atoms with E-state index in [1.165, 1.54) is 6.42 Å². The smallest absolute Gasteiger partial charge is 0.239 e. The van der Waals surface area contributed by atoms with Gasteiger partial charge in [0.25, 0.3) is 0 Å². The van der Waals surface area contributed by atoms with Crippen LogP contribution in [0.2, 0.25) is 0 Å². The molecule has 3 aromatic rings. The lowest BCUT2D eigenvalue weighted by Crippen LogP contribution is -2.32. The van der Waals surface area contributed by atoms with Crippen LogP contribution in [0.15, 0.2) is 42.9 Å². The molecule has 6 heteroatoms. The van der Waals surface area contributed by atoms with Crippen LogP contribution in [-0.2, 0) is 11.8 Å². The van der Waals surface area contributed by atoms with Crippen LogP contribution < -0.4 is 5.32 Å². The van der Waals surface area contributed by atoms with Crippen LogP contribution in [0.4, 0.5) is 5.82 Å². The second kappa shape index (κ2) is 5.92. The van der Waals surface area contributed by atoms with Crippen molar-refractivity contribution in [2.45, 2.75) is 6.42 Å². The highest BCUT2D eigenvalue weighted by Crippen LogP contribution is 2.44. The number of carbonyl (C=O) groups excluding carboxylic acids is 1. The fourth-order valence-electron chi connectivity index (χ4n) is 3.97. The lowest BCUT2D eigenvalue weighted by molar-refractivity contribution is -0.117. The maximum absolute atomic E-state index is 12.3. The molecule has 1 N–H and O–H groups in total. The highest BCUT2D eigenvalue weighted by molar-refractivity contribution is 5.94. The molecule has 1 amide bonds. The number of hydrogen-bond acceptors (Lipinski definition) is 4. The molecule has 1 saturated heterocycles. The first kappa shape index (κ1) is 15.5. The fourth-order valence-corrected chi connectivity index (χ4v) is 3.97. The number of fused-ring (bicyclic) bond motifs is 2. The Hall–Kier alpha value is -2.73. The highest BCUT2D eigenvalue weighted by Gasteiger charge is 2.45. The Labute approximate surface area is 151 Å². The van der Waals surface area contributed by atoms with Crippen molar-refractivity contribution in [3.05, 3.63) is 42.9 Å². The number of aryl methyl sites for hydroxylation is 1. The number of pyridine rings is 1. The lowest BCUT2D eigenvalue weighted by atomic mass is 10.1. The molecule has 2 fully saturated rings. The van der Waals surface area contributed by atoms with Crippen LogP contribution in [0.3, 0.4) is 0 Å². The predicted octanol–water partition coefficient (Wildman–Crippen LogP) is 2.53. The van der Waals surface area contributed by atoms with Gasteiger partial charge in [-0.05, 0) is 41.3 Å². The van der Waals surface area contributed by atoms with E-state index in [0.29, 0.717) is 12.4 Å². The minimum absolute atomic E-state index is 0.0153. The van der Waals surface area contributed by atoms with Gasteiger partial charge in [0.05, 0.1) is 12.7 Å². The molecule has 3 heterocycles. The first-order valence-corrected chi connectivity index (χ1v) is 9.05. The number of piperidine rings is 1. The summed E-state index contributed by atoms with van der Waals surface area (Å²) in [5.74, 6) is 2.30. The van der Waals surface area contributed by atoms with Gasteiger partial charge in [0.2, 0.25) is 5.91 Å². The van der Waals surface area contributed by atoms with E-state index in [-0.39, 0.29) is 5.91 Å². The van der Waals surface area contributed by atoms with E-state index in [9.17, 15) is 4.79 Å². The molecule has 6 nitrogen and oxygen atoms in total. The quantitative estimate of drug-likeness (QED) is 0.788. The number of nitrogens with one attached hydrogen (secondary N) is 1. The molecule has 0 bridgehead atoms. The molecule has 26 heavy (non-hydrogen) atoms. The number of nitrogens with zero attached hydrogens (tertiary/aromatic N) is 4. The lowest BCUT2D eigenvalue weighted by Gasteiger charge is -2.16. The van der Waals surface area contributed by atoms with Gasteiger partial charge >= 0.3 is 0 Å². The van der Waals surface area contributed by atoms with Crippen molar-refractivity contribution in [2.24, 2.45) is 18.9 Å². The number of rotatable bonds is 4. The molecule has 2 atom stereocenters. The van der Waals surface area contributed by atoms with Gasteiger partial charge in [-0.1, -0.05) is 12.1 Å². The van der Waals surface area contributed by atoms with Crippen molar-refractivity contribution >= 4 is 22.5 Å². The zero-order valence-corrected chi connectivity index (χ0v) is 14.7. The van der Waals surface area contributed by atoms with Crippen LogP contribution in [-0.4, -0.2) is 45.2 Å². The average molecular weight is 347 g/mol. The molecule has 1 aromatic carbocycles. The molecule has 1 aliphatic carbocycles. The van der Waals surface area contributed by atoms with Crippen molar-refractivity contribution < 1.29 is 4.79 Å². The molecule has 1 saturated carbocycles. The number of amides is 1. The minimum atomic E-state index is 0.0153. The van der Waals surface area contributed by atoms with E-state index in [4.69, 9.17) is 0 Å². The standard InChI is InChI=1S/C20H21N5O/c1-24-9-18(8-22-24)13-2-3-14-7-21-19(6-15(14)4-13)23-20(26)12-25-10-16-5-17(16)11-25/h2-4,6-9,16-17H,5,10-12H2,1H3,(H,21,23,26). The van der Waals surface area contributed by atoms with E-state index in [1.54, 1.807) is 4.68 Å².